The molecule has 0 saturated carbocycles. The lowest BCUT2D eigenvalue weighted by atomic mass is 9.89. The first-order chi connectivity index (χ1) is 21.6. The highest BCUT2D eigenvalue weighted by molar-refractivity contribution is 5.81. The minimum atomic E-state index is -0.281. The zero-order valence-electron chi connectivity index (χ0n) is 28.0. The van der Waals surface area contributed by atoms with Crippen LogP contribution in [0.3, 0.4) is 0 Å². The van der Waals surface area contributed by atoms with Gasteiger partial charge in [-0.25, -0.2) is 0 Å². The van der Waals surface area contributed by atoms with Crippen LogP contribution >= 0.6 is 0 Å². The standard InChI is InChI=1S/C38H57NO5/c1-6-10-21-40-28-34-36(41-22-11-7-2)38(43-24-13-9-4)37(42-23-12-8-3)35(44-34)31-19-16-17-29(25-31)26-32-27-30-18-14-15-20-33(30)39(32)5/h14-20,25,27,34-38H,6-13,21-24,26,28H2,1-5H3/t34-,35+,36-,37+,38+/m1/s1. The number of unbranched alkanes of at least 4 members (excludes halogenated alkanes) is 4. The monoisotopic (exact) mass is 607 g/mol. The van der Waals surface area contributed by atoms with E-state index in [0.717, 1.165) is 70.0 Å². The van der Waals surface area contributed by atoms with E-state index in [2.05, 4.69) is 93.9 Å². The summed E-state index contributed by atoms with van der Waals surface area (Å²) in [5.74, 6) is 0. The van der Waals surface area contributed by atoms with Crippen molar-refractivity contribution < 1.29 is 23.7 Å². The van der Waals surface area contributed by atoms with E-state index in [1.807, 2.05) is 0 Å². The molecule has 6 nitrogen and oxygen atoms in total. The number of benzene rings is 2. The summed E-state index contributed by atoms with van der Waals surface area (Å²) in [6.07, 6.45) is 7.93. The maximum Gasteiger partial charge on any atom is 0.117 e. The Hall–Kier alpha value is -2.22. The normalized spacial score (nSPS) is 22.2. The number of hydrogen-bond acceptors (Lipinski definition) is 5. The zero-order chi connectivity index (χ0) is 31.1. The van der Waals surface area contributed by atoms with Crippen molar-refractivity contribution in [2.75, 3.05) is 33.0 Å². The first-order valence-electron chi connectivity index (χ1n) is 17.3. The first-order valence-corrected chi connectivity index (χ1v) is 17.3. The van der Waals surface area contributed by atoms with E-state index in [9.17, 15) is 0 Å². The molecule has 0 unspecified atom stereocenters. The summed E-state index contributed by atoms with van der Waals surface area (Å²) < 4.78 is 35.5. The van der Waals surface area contributed by atoms with Crippen molar-refractivity contribution in [2.45, 2.75) is 116 Å². The lowest BCUT2D eigenvalue weighted by Crippen LogP contribution is -2.58. The Bertz CT molecular complexity index is 1220. The van der Waals surface area contributed by atoms with E-state index in [0.29, 0.717) is 26.4 Å². The molecule has 44 heavy (non-hydrogen) atoms. The van der Waals surface area contributed by atoms with E-state index < -0.39 is 0 Å². The van der Waals surface area contributed by atoms with Gasteiger partial charge in [-0.15, -0.1) is 0 Å². The Morgan fingerprint density at radius 3 is 2.00 bits per heavy atom. The molecule has 1 aromatic heterocycles. The lowest BCUT2D eigenvalue weighted by molar-refractivity contribution is -0.268. The van der Waals surface area contributed by atoms with Crippen LogP contribution in [0, 0.1) is 0 Å². The Balaban J connectivity index is 1.66. The number of hydrogen-bond donors (Lipinski definition) is 0. The molecule has 1 aliphatic rings. The van der Waals surface area contributed by atoms with Gasteiger partial charge < -0.3 is 28.3 Å². The summed E-state index contributed by atoms with van der Waals surface area (Å²) in [6, 6.07) is 19.7. The summed E-state index contributed by atoms with van der Waals surface area (Å²) >= 11 is 0. The van der Waals surface area contributed by atoms with Gasteiger partial charge in [0.05, 0.1) is 6.61 Å². The molecule has 2 aromatic carbocycles. The molecule has 1 aliphatic heterocycles. The van der Waals surface area contributed by atoms with Crippen LogP contribution in [0.1, 0.15) is 102 Å². The van der Waals surface area contributed by atoms with Gasteiger partial charge in [0.25, 0.3) is 0 Å². The first kappa shape index (κ1) is 34.6. The van der Waals surface area contributed by atoms with Gasteiger partial charge in [-0.2, -0.15) is 0 Å². The van der Waals surface area contributed by atoms with Crippen LogP contribution in [0.25, 0.3) is 10.9 Å². The van der Waals surface area contributed by atoms with Crippen molar-refractivity contribution in [3.63, 3.8) is 0 Å². The summed E-state index contributed by atoms with van der Waals surface area (Å²) in [4.78, 5) is 0. The number of ether oxygens (including phenoxy) is 5. The molecule has 1 saturated heterocycles. The van der Waals surface area contributed by atoms with Gasteiger partial charge in [-0.05, 0) is 54.3 Å². The van der Waals surface area contributed by atoms with Gasteiger partial charge in [0, 0.05) is 51.1 Å². The highest BCUT2D eigenvalue weighted by atomic mass is 16.6. The van der Waals surface area contributed by atoms with E-state index in [4.69, 9.17) is 23.7 Å². The number of aryl methyl sites for hydroxylation is 1. The second-order valence-electron chi connectivity index (χ2n) is 12.3. The fourth-order valence-electron chi connectivity index (χ4n) is 6.03. The third-order valence-electron chi connectivity index (χ3n) is 8.70. The predicted octanol–water partition coefficient (Wildman–Crippen LogP) is 8.58. The van der Waals surface area contributed by atoms with E-state index >= 15 is 0 Å². The maximum atomic E-state index is 6.99. The van der Waals surface area contributed by atoms with E-state index in [1.54, 1.807) is 0 Å². The minimum absolute atomic E-state index is 0.240. The highest BCUT2D eigenvalue weighted by Gasteiger charge is 2.48. The maximum absolute atomic E-state index is 6.99. The van der Waals surface area contributed by atoms with Gasteiger partial charge in [0.2, 0.25) is 0 Å². The van der Waals surface area contributed by atoms with Crippen LogP contribution < -0.4 is 0 Å². The van der Waals surface area contributed by atoms with Gasteiger partial charge in [0.15, 0.2) is 0 Å². The Labute approximate surface area is 266 Å². The van der Waals surface area contributed by atoms with Gasteiger partial charge >= 0.3 is 0 Å². The number of para-hydroxylation sites is 1. The topological polar surface area (TPSA) is 51.1 Å². The molecule has 0 amide bonds. The molecule has 244 valence electrons. The molecular formula is C38H57NO5. The fourth-order valence-corrected chi connectivity index (χ4v) is 6.03. The molecule has 0 bridgehead atoms. The fraction of sp³-hybridized carbons (Fsp3) is 0.632. The minimum Gasteiger partial charge on any atom is -0.379 e. The van der Waals surface area contributed by atoms with Gasteiger partial charge in [-0.3, -0.25) is 0 Å². The molecule has 1 fully saturated rings. The molecule has 5 atom stereocenters. The van der Waals surface area contributed by atoms with Crippen LogP contribution in [0.4, 0.5) is 0 Å². The summed E-state index contributed by atoms with van der Waals surface area (Å²) in [6.45, 7) is 12.0. The van der Waals surface area contributed by atoms with Crippen molar-refractivity contribution in [1.29, 1.82) is 0 Å². The highest BCUT2D eigenvalue weighted by Crippen LogP contribution is 2.38. The molecule has 0 aliphatic carbocycles. The zero-order valence-corrected chi connectivity index (χ0v) is 28.0. The molecule has 6 heteroatoms. The second kappa shape index (κ2) is 18.7. The third kappa shape index (κ3) is 9.40. The summed E-state index contributed by atoms with van der Waals surface area (Å²) in [5.41, 5.74) is 4.92. The Morgan fingerprint density at radius 1 is 0.682 bits per heavy atom. The number of nitrogens with zero attached hydrogens (tertiary/aromatic N) is 1. The molecule has 0 radical (unpaired) electrons. The Morgan fingerprint density at radius 2 is 1.32 bits per heavy atom. The van der Waals surface area contributed by atoms with E-state index in [-0.39, 0.29) is 30.5 Å². The SMILES string of the molecule is CCCCOC[C@H]1O[C@@H](c2cccc(Cc3cc4ccccc4n3C)c2)[C@H](OCCCC)[C@@H](OCCCC)[C@@H]1OCCCC. The van der Waals surface area contributed by atoms with Crippen molar-refractivity contribution in [2.24, 2.45) is 7.05 Å². The Kier molecular flexibility index (Phi) is 14.7. The van der Waals surface area contributed by atoms with Crippen molar-refractivity contribution >= 4 is 10.9 Å². The van der Waals surface area contributed by atoms with Crippen LogP contribution in [0.2, 0.25) is 0 Å². The molecule has 0 spiro atoms. The number of aromatic nitrogens is 1. The number of rotatable bonds is 20. The third-order valence-corrected chi connectivity index (χ3v) is 8.70. The van der Waals surface area contributed by atoms with Crippen LogP contribution in [0.15, 0.2) is 54.6 Å². The van der Waals surface area contributed by atoms with Crippen LogP contribution in [-0.4, -0.2) is 62.0 Å². The molecular weight excluding hydrogens is 550 g/mol. The predicted molar refractivity (Wildman–Crippen MR) is 179 cm³/mol. The quantitative estimate of drug-likeness (QED) is 0.120. The van der Waals surface area contributed by atoms with Crippen molar-refractivity contribution in [1.82, 2.24) is 4.57 Å². The molecule has 0 N–H and O–H groups in total. The van der Waals surface area contributed by atoms with Crippen molar-refractivity contribution in [3.05, 3.63) is 71.4 Å². The molecule has 4 rings (SSSR count). The average Bonchev–Trinajstić information content (AvgIpc) is 3.35. The van der Waals surface area contributed by atoms with Crippen LogP contribution in [-0.2, 0) is 37.2 Å². The number of fused-ring (bicyclic) bond motifs is 1. The molecule has 2 heterocycles. The molecule has 3 aromatic rings. The average molecular weight is 608 g/mol. The summed E-state index contributed by atoms with van der Waals surface area (Å²) in [5, 5.41) is 1.27. The van der Waals surface area contributed by atoms with Gasteiger partial charge in [-0.1, -0.05) is 95.8 Å². The van der Waals surface area contributed by atoms with E-state index in [1.165, 1.54) is 22.2 Å². The largest absolute Gasteiger partial charge is 0.379 e. The second-order valence-corrected chi connectivity index (χ2v) is 12.3. The van der Waals surface area contributed by atoms with Gasteiger partial charge in [0.1, 0.15) is 30.5 Å². The van der Waals surface area contributed by atoms with Crippen LogP contribution in [0.5, 0.6) is 0 Å². The lowest BCUT2D eigenvalue weighted by Gasteiger charge is -2.46. The summed E-state index contributed by atoms with van der Waals surface area (Å²) in [7, 11) is 2.16. The smallest absolute Gasteiger partial charge is 0.117 e. The van der Waals surface area contributed by atoms with Crippen molar-refractivity contribution in [3.8, 4) is 0 Å².